The van der Waals surface area contributed by atoms with Gasteiger partial charge in [0.2, 0.25) is 0 Å². The van der Waals surface area contributed by atoms with Gasteiger partial charge < -0.3 is 9.64 Å². The number of methoxy groups -OCH3 is 1. The van der Waals surface area contributed by atoms with Gasteiger partial charge in [-0.2, -0.15) is 0 Å². The van der Waals surface area contributed by atoms with Crippen molar-refractivity contribution in [2.24, 2.45) is 0 Å². The Morgan fingerprint density at radius 3 is 2.36 bits per heavy atom. The van der Waals surface area contributed by atoms with E-state index in [0.29, 0.717) is 21.5 Å². The smallest absolute Gasteiger partial charge is 0.282 e. The van der Waals surface area contributed by atoms with Crippen molar-refractivity contribution in [3.05, 3.63) is 95.9 Å². The van der Waals surface area contributed by atoms with Crippen molar-refractivity contribution in [2.75, 3.05) is 12.0 Å². The molecule has 0 bridgehead atoms. The second kappa shape index (κ2) is 8.82. The van der Waals surface area contributed by atoms with Crippen LogP contribution in [0.4, 0.5) is 11.4 Å². The Balaban J connectivity index is 1.66. The molecule has 36 heavy (non-hydrogen) atoms. The van der Waals surface area contributed by atoms with E-state index in [-0.39, 0.29) is 11.1 Å². The molecule has 0 N–H and O–H groups in total. The molecule has 2 aliphatic rings. The largest absolute Gasteiger partial charge is 0.496 e. The number of halogens is 2. The van der Waals surface area contributed by atoms with Crippen molar-refractivity contribution in [1.82, 2.24) is 4.90 Å². The maximum Gasteiger partial charge on any atom is 0.282 e. The number of aryl methyl sites for hydroxylation is 1. The van der Waals surface area contributed by atoms with Crippen LogP contribution >= 0.6 is 31.9 Å². The molecular formula is C25H17Br2N3O6. The topological polar surface area (TPSA) is 110 Å². The van der Waals surface area contributed by atoms with Gasteiger partial charge >= 0.3 is 0 Å². The molecule has 1 fully saturated rings. The normalized spacial score (nSPS) is 18.8. The van der Waals surface area contributed by atoms with E-state index in [1.54, 1.807) is 24.3 Å². The number of carbonyl (C=O) groups is 3. The van der Waals surface area contributed by atoms with Crippen molar-refractivity contribution < 1.29 is 24.0 Å². The van der Waals surface area contributed by atoms with E-state index in [1.807, 2.05) is 19.1 Å². The predicted octanol–water partition coefficient (Wildman–Crippen LogP) is 5.19. The highest BCUT2D eigenvalue weighted by Crippen LogP contribution is 2.48. The number of rotatable bonds is 5. The van der Waals surface area contributed by atoms with E-state index in [9.17, 15) is 24.5 Å². The van der Waals surface area contributed by atoms with Gasteiger partial charge in [-0.05, 0) is 55.0 Å². The van der Waals surface area contributed by atoms with Crippen LogP contribution in [0.3, 0.4) is 0 Å². The van der Waals surface area contributed by atoms with Crippen LogP contribution in [0, 0.1) is 17.0 Å². The van der Waals surface area contributed by atoms with Gasteiger partial charge in [-0.25, -0.2) is 0 Å². The summed E-state index contributed by atoms with van der Waals surface area (Å²) in [5, 5.41) is 11.6. The average Bonchev–Trinajstić information content (AvgIpc) is 3.09. The Morgan fingerprint density at radius 2 is 1.69 bits per heavy atom. The first kappa shape index (κ1) is 24.1. The summed E-state index contributed by atoms with van der Waals surface area (Å²) in [6.07, 6.45) is 0. The molecule has 3 aromatic carbocycles. The first-order valence-electron chi connectivity index (χ1n) is 10.7. The third-order valence-corrected chi connectivity index (χ3v) is 7.78. The molecule has 0 spiro atoms. The molecule has 0 aliphatic carbocycles. The Bertz CT molecular complexity index is 1490. The van der Waals surface area contributed by atoms with Gasteiger partial charge in [0.25, 0.3) is 23.4 Å². The highest BCUT2D eigenvalue weighted by atomic mass is 79.9. The van der Waals surface area contributed by atoms with Crippen LogP contribution in [0.15, 0.2) is 63.5 Å². The lowest BCUT2D eigenvalue weighted by Gasteiger charge is -2.50. The first-order chi connectivity index (χ1) is 17.1. The second-order valence-corrected chi connectivity index (χ2v) is 10.1. The summed E-state index contributed by atoms with van der Waals surface area (Å²) in [5.41, 5.74) is 1.16. The van der Waals surface area contributed by atoms with Gasteiger partial charge in [-0.1, -0.05) is 37.9 Å². The molecule has 11 heteroatoms. The monoisotopic (exact) mass is 613 g/mol. The third-order valence-electron chi connectivity index (χ3n) is 6.40. The number of hydrogen-bond donors (Lipinski definition) is 0. The maximum atomic E-state index is 13.7. The quantitative estimate of drug-likeness (QED) is 0.169. The van der Waals surface area contributed by atoms with Gasteiger partial charge in [0.05, 0.1) is 23.6 Å². The van der Waals surface area contributed by atoms with Crippen LogP contribution in [0.5, 0.6) is 5.75 Å². The number of imide groups is 1. The van der Waals surface area contributed by atoms with Gasteiger partial charge in [0, 0.05) is 26.3 Å². The van der Waals surface area contributed by atoms with E-state index in [0.717, 1.165) is 14.9 Å². The van der Waals surface area contributed by atoms with Gasteiger partial charge in [0.1, 0.15) is 17.4 Å². The number of carbonyl (C=O) groups excluding carboxylic acids is 3. The molecule has 2 heterocycles. The number of amides is 3. The molecule has 9 nitrogen and oxygen atoms in total. The number of ether oxygens (including phenoxy) is 1. The second-order valence-electron chi connectivity index (χ2n) is 8.35. The molecular weight excluding hydrogens is 598 g/mol. The van der Waals surface area contributed by atoms with Crippen LogP contribution in [-0.2, 0) is 4.79 Å². The number of nitrogens with zero attached hydrogens (tertiary/aromatic N) is 3. The number of benzene rings is 3. The first-order valence-corrected chi connectivity index (χ1v) is 12.3. The summed E-state index contributed by atoms with van der Waals surface area (Å²) < 4.78 is 7.12. The molecule has 0 radical (unpaired) electrons. The molecule has 2 aliphatic heterocycles. The van der Waals surface area contributed by atoms with E-state index >= 15 is 0 Å². The molecule has 5 rings (SSSR count). The minimum atomic E-state index is -1.22. The summed E-state index contributed by atoms with van der Waals surface area (Å²) in [6.45, 7) is 1.88. The fourth-order valence-electron chi connectivity index (χ4n) is 4.73. The Hall–Kier alpha value is -3.57. The molecule has 1 saturated heterocycles. The number of anilines is 1. The number of nitro groups is 1. The van der Waals surface area contributed by atoms with Crippen molar-refractivity contribution in [2.45, 2.75) is 19.0 Å². The zero-order valence-corrected chi connectivity index (χ0v) is 22.1. The lowest BCUT2D eigenvalue weighted by Crippen LogP contribution is -2.67. The van der Waals surface area contributed by atoms with Crippen LogP contribution in [-0.4, -0.2) is 40.7 Å². The number of fused-ring (bicyclic) bond motifs is 1. The molecule has 2 atom stereocenters. The van der Waals surface area contributed by atoms with Gasteiger partial charge in [-0.3, -0.25) is 29.4 Å². The fourth-order valence-corrected chi connectivity index (χ4v) is 5.35. The standard InChI is InChI=1S/C25H17Br2N3O6/c1-12-10-14(7-8-17(12)27)28-21(16-11-13(26)6-9-19(16)36-2)22(25(28)33)29-23(31)15-4-3-5-18(30(34)35)20(15)24(29)32/h3-11,21-22H,1-2H3/t21-,22+/m1/s1. The zero-order valence-electron chi connectivity index (χ0n) is 18.9. The summed E-state index contributed by atoms with van der Waals surface area (Å²) in [7, 11) is 1.49. The van der Waals surface area contributed by atoms with Crippen LogP contribution in [0.2, 0.25) is 0 Å². The summed E-state index contributed by atoms with van der Waals surface area (Å²) >= 11 is 6.91. The SMILES string of the molecule is COc1ccc(Br)cc1[C@@H]1[C@H](N2C(=O)c3cccc([N+](=O)[O-])c3C2=O)C(=O)N1c1ccc(Br)c(C)c1. The van der Waals surface area contributed by atoms with Crippen molar-refractivity contribution in [3.8, 4) is 5.75 Å². The van der Waals surface area contributed by atoms with Crippen molar-refractivity contribution in [3.63, 3.8) is 0 Å². The average molecular weight is 615 g/mol. The van der Waals surface area contributed by atoms with E-state index in [1.165, 1.54) is 30.2 Å². The molecule has 182 valence electrons. The highest BCUT2D eigenvalue weighted by Gasteiger charge is 2.59. The summed E-state index contributed by atoms with van der Waals surface area (Å²) in [4.78, 5) is 53.7. The molecule has 3 aromatic rings. The number of hydrogen-bond acceptors (Lipinski definition) is 6. The van der Waals surface area contributed by atoms with Crippen molar-refractivity contribution >= 4 is 61.0 Å². The van der Waals surface area contributed by atoms with Crippen molar-refractivity contribution in [1.29, 1.82) is 0 Å². The number of nitro benzene ring substituents is 1. The van der Waals surface area contributed by atoms with Crippen LogP contribution in [0.1, 0.15) is 37.9 Å². The predicted molar refractivity (Wildman–Crippen MR) is 137 cm³/mol. The van der Waals surface area contributed by atoms with E-state index in [2.05, 4.69) is 31.9 Å². The summed E-state index contributed by atoms with van der Waals surface area (Å²) in [6, 6.07) is 12.5. The fraction of sp³-hybridized carbons (Fsp3) is 0.160. The zero-order chi connectivity index (χ0) is 25.9. The maximum absolute atomic E-state index is 13.7. The molecule has 3 amide bonds. The third kappa shape index (κ3) is 3.53. The molecule has 0 aromatic heterocycles. The lowest BCUT2D eigenvalue weighted by atomic mass is 9.85. The van der Waals surface area contributed by atoms with Crippen LogP contribution < -0.4 is 9.64 Å². The Labute approximate surface area is 222 Å². The van der Waals surface area contributed by atoms with E-state index in [4.69, 9.17) is 4.74 Å². The minimum absolute atomic E-state index is 0.0973. The molecule has 0 unspecified atom stereocenters. The Morgan fingerprint density at radius 1 is 0.944 bits per heavy atom. The highest BCUT2D eigenvalue weighted by molar-refractivity contribution is 9.10. The minimum Gasteiger partial charge on any atom is -0.496 e. The number of β-lactam (4-membered cyclic amide) rings is 1. The molecule has 0 saturated carbocycles. The van der Waals surface area contributed by atoms with Crippen LogP contribution in [0.25, 0.3) is 0 Å². The Kier molecular flexibility index (Phi) is 5.92. The summed E-state index contributed by atoms with van der Waals surface area (Å²) in [5.74, 6) is -1.64. The van der Waals surface area contributed by atoms with E-state index < -0.39 is 40.4 Å². The lowest BCUT2D eigenvalue weighted by molar-refractivity contribution is -0.385. The van der Waals surface area contributed by atoms with Gasteiger partial charge in [-0.15, -0.1) is 0 Å². The van der Waals surface area contributed by atoms with Gasteiger partial charge in [0.15, 0.2) is 0 Å².